The number of hydrogen-bond acceptors (Lipinski definition) is 2. The average molecular weight is 243 g/mol. The maximum atomic E-state index is 6.18. The molecule has 0 spiro atoms. The molecule has 0 amide bonds. The predicted octanol–water partition coefficient (Wildman–Crippen LogP) is 2.23. The summed E-state index contributed by atoms with van der Waals surface area (Å²) in [6.45, 7) is 2.15. The lowest BCUT2D eigenvalue weighted by Crippen LogP contribution is -2.25. The fraction of sp³-hybridized carbons (Fsp3) is 0.400. The van der Waals surface area contributed by atoms with Gasteiger partial charge in [-0.05, 0) is 30.9 Å². The number of aromatic nitrogens is 2. The molecule has 3 nitrogen and oxygen atoms in total. The van der Waals surface area contributed by atoms with E-state index in [0.29, 0.717) is 0 Å². The Balaban J connectivity index is 1.87. The van der Waals surface area contributed by atoms with Gasteiger partial charge in [-0.25, -0.2) is 4.98 Å². The van der Waals surface area contributed by atoms with Crippen LogP contribution in [0.4, 0.5) is 0 Å². The summed E-state index contributed by atoms with van der Waals surface area (Å²) in [7, 11) is 2.01. The van der Waals surface area contributed by atoms with Crippen molar-refractivity contribution in [3.63, 3.8) is 0 Å². The van der Waals surface area contributed by atoms with Crippen LogP contribution in [0.2, 0.25) is 0 Å². The van der Waals surface area contributed by atoms with Crippen molar-refractivity contribution >= 4 is 0 Å². The summed E-state index contributed by atoms with van der Waals surface area (Å²) in [6.07, 6.45) is 6.66. The van der Waals surface area contributed by atoms with Crippen molar-refractivity contribution in [2.24, 2.45) is 12.8 Å². The van der Waals surface area contributed by atoms with Crippen molar-refractivity contribution < 1.29 is 0 Å². The SMILES string of the molecule is Cc1ccccc1CCC(N)Cc1nccn1C. The van der Waals surface area contributed by atoms with E-state index in [9.17, 15) is 0 Å². The van der Waals surface area contributed by atoms with Gasteiger partial charge < -0.3 is 10.3 Å². The molecule has 3 heteroatoms. The van der Waals surface area contributed by atoms with Crippen LogP contribution in [0.3, 0.4) is 0 Å². The molecular formula is C15H21N3. The van der Waals surface area contributed by atoms with Gasteiger partial charge in [-0.1, -0.05) is 24.3 Å². The highest BCUT2D eigenvalue weighted by Crippen LogP contribution is 2.11. The van der Waals surface area contributed by atoms with E-state index >= 15 is 0 Å². The maximum Gasteiger partial charge on any atom is 0.109 e. The van der Waals surface area contributed by atoms with Crippen molar-refractivity contribution in [1.29, 1.82) is 0 Å². The lowest BCUT2D eigenvalue weighted by molar-refractivity contribution is 0.581. The van der Waals surface area contributed by atoms with Crippen LogP contribution in [0.1, 0.15) is 23.4 Å². The molecule has 1 unspecified atom stereocenters. The van der Waals surface area contributed by atoms with Crippen LogP contribution in [0, 0.1) is 6.92 Å². The topological polar surface area (TPSA) is 43.8 Å². The van der Waals surface area contributed by atoms with Gasteiger partial charge in [0.1, 0.15) is 5.82 Å². The Bertz CT molecular complexity index is 502. The second kappa shape index (κ2) is 5.83. The third-order valence-corrected chi connectivity index (χ3v) is 3.41. The average Bonchev–Trinajstić information content (AvgIpc) is 2.74. The minimum atomic E-state index is 0.172. The van der Waals surface area contributed by atoms with Crippen molar-refractivity contribution in [3.8, 4) is 0 Å². The minimum Gasteiger partial charge on any atom is -0.338 e. The number of rotatable bonds is 5. The van der Waals surface area contributed by atoms with E-state index < -0.39 is 0 Å². The summed E-state index contributed by atoms with van der Waals surface area (Å²) in [5.41, 5.74) is 8.92. The minimum absolute atomic E-state index is 0.172. The monoisotopic (exact) mass is 243 g/mol. The number of imidazole rings is 1. The van der Waals surface area contributed by atoms with Gasteiger partial charge in [0.25, 0.3) is 0 Å². The molecule has 0 aliphatic heterocycles. The summed E-state index contributed by atoms with van der Waals surface area (Å²) in [4.78, 5) is 4.31. The first-order valence-corrected chi connectivity index (χ1v) is 6.43. The highest BCUT2D eigenvalue weighted by atomic mass is 15.0. The third kappa shape index (κ3) is 3.20. The molecule has 2 aromatic rings. The molecule has 96 valence electrons. The number of nitrogens with zero attached hydrogens (tertiary/aromatic N) is 2. The van der Waals surface area contributed by atoms with E-state index in [2.05, 4.69) is 36.2 Å². The smallest absolute Gasteiger partial charge is 0.109 e. The molecule has 0 aliphatic rings. The van der Waals surface area contributed by atoms with E-state index in [1.54, 1.807) is 0 Å². The Kier molecular flexibility index (Phi) is 4.15. The zero-order chi connectivity index (χ0) is 13.0. The summed E-state index contributed by atoms with van der Waals surface area (Å²) in [5.74, 6) is 1.06. The maximum absolute atomic E-state index is 6.18. The summed E-state index contributed by atoms with van der Waals surface area (Å²) in [5, 5.41) is 0. The largest absolute Gasteiger partial charge is 0.338 e. The molecule has 1 atom stereocenters. The molecule has 1 aromatic heterocycles. The molecule has 2 rings (SSSR count). The van der Waals surface area contributed by atoms with Crippen molar-refractivity contribution in [2.45, 2.75) is 32.2 Å². The quantitative estimate of drug-likeness (QED) is 0.875. The van der Waals surface area contributed by atoms with E-state index in [0.717, 1.165) is 25.1 Å². The molecule has 18 heavy (non-hydrogen) atoms. The van der Waals surface area contributed by atoms with Gasteiger partial charge in [-0.3, -0.25) is 0 Å². The number of aryl methyl sites for hydroxylation is 3. The van der Waals surface area contributed by atoms with Crippen LogP contribution in [-0.4, -0.2) is 15.6 Å². The standard InChI is InChI=1S/C15H21N3/c1-12-5-3-4-6-13(12)7-8-14(16)11-15-17-9-10-18(15)2/h3-6,9-10,14H,7-8,11,16H2,1-2H3. The fourth-order valence-electron chi connectivity index (χ4n) is 2.16. The second-order valence-electron chi connectivity index (χ2n) is 4.88. The first kappa shape index (κ1) is 12.8. The van der Waals surface area contributed by atoms with E-state index in [1.807, 2.05) is 24.0 Å². The molecule has 0 fully saturated rings. The number of benzene rings is 1. The van der Waals surface area contributed by atoms with Crippen LogP contribution < -0.4 is 5.73 Å². The van der Waals surface area contributed by atoms with Crippen LogP contribution in [0.25, 0.3) is 0 Å². The molecular weight excluding hydrogens is 222 g/mol. The van der Waals surface area contributed by atoms with Gasteiger partial charge in [0, 0.05) is 31.9 Å². The third-order valence-electron chi connectivity index (χ3n) is 3.41. The molecule has 0 aliphatic carbocycles. The first-order chi connectivity index (χ1) is 8.66. The summed E-state index contributed by atoms with van der Waals surface area (Å²) < 4.78 is 2.04. The van der Waals surface area contributed by atoms with E-state index in [4.69, 9.17) is 5.73 Å². The van der Waals surface area contributed by atoms with E-state index in [1.165, 1.54) is 11.1 Å². The Morgan fingerprint density at radius 2 is 2.11 bits per heavy atom. The summed E-state index contributed by atoms with van der Waals surface area (Å²) in [6, 6.07) is 8.67. The predicted molar refractivity (Wildman–Crippen MR) is 74.4 cm³/mol. The molecule has 0 saturated carbocycles. The zero-order valence-electron chi connectivity index (χ0n) is 11.1. The molecule has 1 aromatic carbocycles. The molecule has 1 heterocycles. The van der Waals surface area contributed by atoms with Gasteiger partial charge in [-0.15, -0.1) is 0 Å². The van der Waals surface area contributed by atoms with Crippen molar-refractivity contribution in [1.82, 2.24) is 9.55 Å². The van der Waals surface area contributed by atoms with Crippen LogP contribution in [0.15, 0.2) is 36.7 Å². The fourth-order valence-corrected chi connectivity index (χ4v) is 2.16. The van der Waals surface area contributed by atoms with Gasteiger partial charge in [0.05, 0.1) is 0 Å². The van der Waals surface area contributed by atoms with Crippen molar-refractivity contribution in [3.05, 3.63) is 53.6 Å². The van der Waals surface area contributed by atoms with E-state index in [-0.39, 0.29) is 6.04 Å². The van der Waals surface area contributed by atoms with Crippen LogP contribution in [0.5, 0.6) is 0 Å². The second-order valence-corrected chi connectivity index (χ2v) is 4.88. The summed E-state index contributed by atoms with van der Waals surface area (Å²) >= 11 is 0. The number of nitrogens with two attached hydrogens (primary N) is 1. The Hall–Kier alpha value is -1.61. The number of hydrogen-bond donors (Lipinski definition) is 1. The highest BCUT2D eigenvalue weighted by Gasteiger charge is 2.08. The van der Waals surface area contributed by atoms with Gasteiger partial charge in [-0.2, -0.15) is 0 Å². The van der Waals surface area contributed by atoms with Crippen LogP contribution in [-0.2, 0) is 19.9 Å². The Labute approximate surface area is 109 Å². The molecule has 0 radical (unpaired) electrons. The lowest BCUT2D eigenvalue weighted by Gasteiger charge is -2.12. The Morgan fingerprint density at radius 1 is 1.33 bits per heavy atom. The molecule has 0 bridgehead atoms. The van der Waals surface area contributed by atoms with Gasteiger partial charge in [0.15, 0.2) is 0 Å². The van der Waals surface area contributed by atoms with Crippen molar-refractivity contribution in [2.75, 3.05) is 0 Å². The Morgan fingerprint density at radius 3 is 2.78 bits per heavy atom. The zero-order valence-corrected chi connectivity index (χ0v) is 11.1. The first-order valence-electron chi connectivity index (χ1n) is 6.43. The van der Waals surface area contributed by atoms with Gasteiger partial charge >= 0.3 is 0 Å². The molecule has 2 N–H and O–H groups in total. The highest BCUT2D eigenvalue weighted by molar-refractivity contribution is 5.25. The molecule has 0 saturated heterocycles. The van der Waals surface area contributed by atoms with Crippen LogP contribution >= 0.6 is 0 Å². The van der Waals surface area contributed by atoms with Gasteiger partial charge in [0.2, 0.25) is 0 Å². The lowest BCUT2D eigenvalue weighted by atomic mass is 10.00. The normalized spacial score (nSPS) is 12.6.